The summed E-state index contributed by atoms with van der Waals surface area (Å²) in [7, 11) is 0. The molecule has 1 aliphatic rings. The lowest BCUT2D eigenvalue weighted by Gasteiger charge is -2.33. The Balaban J connectivity index is 1.98. The van der Waals surface area contributed by atoms with Gasteiger partial charge < -0.3 is 10.2 Å². The van der Waals surface area contributed by atoms with Gasteiger partial charge in [-0.15, -0.1) is 0 Å². The highest BCUT2D eigenvalue weighted by atomic mass is 35.5. The van der Waals surface area contributed by atoms with Crippen LogP contribution in [-0.4, -0.2) is 34.9 Å². The van der Waals surface area contributed by atoms with Crippen molar-refractivity contribution in [3.05, 3.63) is 33.3 Å². The second kappa shape index (κ2) is 6.76. The third-order valence-corrected chi connectivity index (χ3v) is 4.03. The maximum atomic E-state index is 12.2. The number of nitro benzene ring substituents is 1. The Labute approximate surface area is 128 Å². The predicted molar refractivity (Wildman–Crippen MR) is 81.6 cm³/mol. The minimum Gasteiger partial charge on any atom is -0.376 e. The molecule has 7 heteroatoms. The molecule has 1 aromatic carbocycles. The Morgan fingerprint density at radius 3 is 2.95 bits per heavy atom. The van der Waals surface area contributed by atoms with E-state index in [2.05, 4.69) is 5.32 Å². The summed E-state index contributed by atoms with van der Waals surface area (Å²) in [5.74, 6) is 0.0137. The average molecular weight is 312 g/mol. The number of hydrogen-bond acceptors (Lipinski definition) is 4. The van der Waals surface area contributed by atoms with E-state index in [1.807, 2.05) is 11.8 Å². The fraction of sp³-hybridized carbons (Fsp3) is 0.500. The van der Waals surface area contributed by atoms with E-state index >= 15 is 0 Å². The molecule has 1 fully saturated rings. The lowest BCUT2D eigenvalue weighted by atomic mass is 10.0. The van der Waals surface area contributed by atoms with Crippen LogP contribution in [0, 0.1) is 10.1 Å². The molecule has 0 bridgehead atoms. The molecule has 0 spiro atoms. The number of nitrogens with zero attached hydrogens (tertiary/aromatic N) is 2. The van der Waals surface area contributed by atoms with Gasteiger partial charge in [-0.1, -0.05) is 11.6 Å². The predicted octanol–water partition coefficient (Wildman–Crippen LogP) is 3.06. The van der Waals surface area contributed by atoms with Crippen molar-refractivity contribution in [2.24, 2.45) is 0 Å². The highest BCUT2D eigenvalue weighted by molar-refractivity contribution is 6.32. The number of rotatable bonds is 4. The van der Waals surface area contributed by atoms with Gasteiger partial charge in [0.05, 0.1) is 11.5 Å². The molecule has 1 heterocycles. The maximum Gasteiger partial charge on any atom is 0.289 e. The third-order valence-electron chi connectivity index (χ3n) is 3.71. The Morgan fingerprint density at radius 1 is 1.52 bits per heavy atom. The first-order chi connectivity index (χ1) is 9.99. The largest absolute Gasteiger partial charge is 0.376 e. The number of halogens is 1. The Kier molecular flexibility index (Phi) is 5.01. The van der Waals surface area contributed by atoms with Crippen molar-refractivity contribution in [3.8, 4) is 0 Å². The Morgan fingerprint density at radius 2 is 2.29 bits per heavy atom. The lowest BCUT2D eigenvalue weighted by molar-refractivity contribution is -0.384. The number of hydrogen-bond donors (Lipinski definition) is 1. The van der Waals surface area contributed by atoms with E-state index in [0.29, 0.717) is 5.69 Å². The number of carbonyl (C=O) groups excluding carboxylic acids is 1. The molecule has 1 amide bonds. The van der Waals surface area contributed by atoms with Gasteiger partial charge in [-0.3, -0.25) is 14.9 Å². The molecule has 1 unspecified atom stereocenters. The first-order valence-corrected chi connectivity index (χ1v) is 7.34. The first-order valence-electron chi connectivity index (χ1n) is 6.96. The molecule has 0 saturated carbocycles. The summed E-state index contributed by atoms with van der Waals surface area (Å²) >= 11 is 5.75. The minimum absolute atomic E-state index is 0.0137. The zero-order valence-corrected chi connectivity index (χ0v) is 12.6. The number of benzene rings is 1. The number of nitro groups is 1. The molecule has 1 atom stereocenters. The molecule has 6 nitrogen and oxygen atoms in total. The van der Waals surface area contributed by atoms with Crippen molar-refractivity contribution in [2.75, 3.05) is 18.4 Å². The number of likely N-dealkylation sites (tertiary alicyclic amines) is 1. The molecular weight excluding hydrogens is 294 g/mol. The van der Waals surface area contributed by atoms with Crippen LogP contribution in [0.3, 0.4) is 0 Å². The fourth-order valence-electron chi connectivity index (χ4n) is 2.51. The highest BCUT2D eigenvalue weighted by Gasteiger charge is 2.22. The van der Waals surface area contributed by atoms with Crippen LogP contribution in [0.2, 0.25) is 5.02 Å². The standard InChI is InChI=1S/C14H18ClN3O3/c1-10-4-2-3-7-17(10)14(19)9-16-11-5-6-12(15)13(8-11)18(20)21/h5-6,8,10,16H,2-4,7,9H2,1H3. The van der Waals surface area contributed by atoms with E-state index in [0.717, 1.165) is 25.8 Å². The quantitative estimate of drug-likeness (QED) is 0.685. The van der Waals surface area contributed by atoms with Gasteiger partial charge in [-0.2, -0.15) is 0 Å². The smallest absolute Gasteiger partial charge is 0.289 e. The maximum absolute atomic E-state index is 12.2. The molecule has 114 valence electrons. The van der Waals surface area contributed by atoms with Crippen LogP contribution in [0.5, 0.6) is 0 Å². The number of piperidine rings is 1. The van der Waals surface area contributed by atoms with Crippen molar-refractivity contribution in [3.63, 3.8) is 0 Å². The van der Waals surface area contributed by atoms with Gasteiger partial charge in [0.15, 0.2) is 0 Å². The number of anilines is 1. The number of amides is 1. The van der Waals surface area contributed by atoms with Gasteiger partial charge in [-0.25, -0.2) is 0 Å². The topological polar surface area (TPSA) is 75.5 Å². The molecule has 21 heavy (non-hydrogen) atoms. The average Bonchev–Trinajstić information content (AvgIpc) is 2.46. The molecule has 1 aromatic rings. The van der Waals surface area contributed by atoms with Gasteiger partial charge in [-0.05, 0) is 38.3 Å². The Hall–Kier alpha value is -1.82. The summed E-state index contributed by atoms with van der Waals surface area (Å²) < 4.78 is 0. The Bertz CT molecular complexity index is 550. The van der Waals surface area contributed by atoms with Crippen LogP contribution in [-0.2, 0) is 4.79 Å². The van der Waals surface area contributed by atoms with Crippen molar-refractivity contribution in [1.82, 2.24) is 4.90 Å². The number of carbonyl (C=O) groups is 1. The van der Waals surface area contributed by atoms with Gasteiger partial charge in [0.2, 0.25) is 5.91 Å². The van der Waals surface area contributed by atoms with Gasteiger partial charge in [0, 0.05) is 24.3 Å². The van der Waals surface area contributed by atoms with Crippen LogP contribution >= 0.6 is 11.6 Å². The minimum atomic E-state index is -0.540. The van der Waals surface area contributed by atoms with E-state index in [9.17, 15) is 14.9 Å². The first kappa shape index (κ1) is 15.6. The molecule has 0 aromatic heterocycles. The number of nitrogens with one attached hydrogen (secondary N) is 1. The molecule has 1 N–H and O–H groups in total. The molecular formula is C14H18ClN3O3. The van der Waals surface area contributed by atoms with E-state index in [1.54, 1.807) is 6.07 Å². The summed E-state index contributed by atoms with van der Waals surface area (Å²) in [4.78, 5) is 24.3. The zero-order chi connectivity index (χ0) is 15.4. The van der Waals surface area contributed by atoms with E-state index in [-0.39, 0.29) is 29.2 Å². The molecule has 0 radical (unpaired) electrons. The van der Waals surface area contributed by atoms with Crippen molar-refractivity contribution >= 4 is 28.9 Å². The summed E-state index contributed by atoms with van der Waals surface area (Å²) in [6, 6.07) is 4.68. The van der Waals surface area contributed by atoms with Crippen LogP contribution in [0.25, 0.3) is 0 Å². The monoisotopic (exact) mass is 311 g/mol. The third kappa shape index (κ3) is 3.85. The summed E-state index contributed by atoms with van der Waals surface area (Å²) in [5, 5.41) is 13.8. The summed E-state index contributed by atoms with van der Waals surface area (Å²) in [6.45, 7) is 2.95. The van der Waals surface area contributed by atoms with E-state index in [1.165, 1.54) is 12.1 Å². The normalized spacial score (nSPS) is 18.4. The summed E-state index contributed by atoms with van der Waals surface area (Å²) in [6.07, 6.45) is 3.21. The van der Waals surface area contributed by atoms with Crippen LogP contribution in [0.1, 0.15) is 26.2 Å². The van der Waals surface area contributed by atoms with Crippen LogP contribution < -0.4 is 5.32 Å². The van der Waals surface area contributed by atoms with Gasteiger partial charge >= 0.3 is 0 Å². The fourth-order valence-corrected chi connectivity index (χ4v) is 2.70. The molecule has 1 saturated heterocycles. The van der Waals surface area contributed by atoms with E-state index in [4.69, 9.17) is 11.6 Å². The van der Waals surface area contributed by atoms with Crippen molar-refractivity contribution in [2.45, 2.75) is 32.2 Å². The molecule has 2 rings (SSSR count). The molecule has 0 aliphatic carbocycles. The van der Waals surface area contributed by atoms with Gasteiger partial charge in [0.1, 0.15) is 5.02 Å². The molecule has 1 aliphatic heterocycles. The van der Waals surface area contributed by atoms with Crippen LogP contribution in [0.15, 0.2) is 18.2 Å². The second-order valence-corrected chi connectivity index (χ2v) is 5.62. The van der Waals surface area contributed by atoms with Crippen LogP contribution in [0.4, 0.5) is 11.4 Å². The SMILES string of the molecule is CC1CCCCN1C(=O)CNc1ccc(Cl)c([N+](=O)[O-])c1. The lowest BCUT2D eigenvalue weighted by Crippen LogP contribution is -2.44. The van der Waals surface area contributed by atoms with Gasteiger partial charge in [0.25, 0.3) is 5.69 Å². The second-order valence-electron chi connectivity index (χ2n) is 5.21. The van der Waals surface area contributed by atoms with E-state index < -0.39 is 4.92 Å². The summed E-state index contributed by atoms with van der Waals surface area (Å²) in [5.41, 5.74) is 0.351. The van der Waals surface area contributed by atoms with Crippen molar-refractivity contribution in [1.29, 1.82) is 0 Å². The van der Waals surface area contributed by atoms with Crippen molar-refractivity contribution < 1.29 is 9.72 Å². The highest BCUT2D eigenvalue weighted by Crippen LogP contribution is 2.27. The zero-order valence-electron chi connectivity index (χ0n) is 11.8.